The number of piperidine rings is 1. The Morgan fingerprint density at radius 2 is 1.74 bits per heavy atom. The lowest BCUT2D eigenvalue weighted by molar-refractivity contribution is -0.122. The Labute approximate surface area is 187 Å². The van der Waals surface area contributed by atoms with Crippen LogP contribution < -0.4 is 5.32 Å². The van der Waals surface area contributed by atoms with Crippen molar-refractivity contribution < 1.29 is 13.2 Å². The highest BCUT2D eigenvalue weighted by Gasteiger charge is 2.37. The maximum atomic E-state index is 12.4. The lowest BCUT2D eigenvalue weighted by Gasteiger charge is -2.44. The van der Waals surface area contributed by atoms with E-state index in [0.29, 0.717) is 12.8 Å². The molecular weight excluding hydrogens is 408 g/mol. The number of benzene rings is 1. The lowest BCUT2D eigenvalue weighted by Crippen LogP contribution is -2.49. The number of carbonyl (C=O) groups excluding carboxylic acids is 1. The van der Waals surface area contributed by atoms with E-state index in [4.69, 9.17) is 0 Å². The molecule has 1 saturated carbocycles. The maximum Gasteiger partial charge on any atom is 0.220 e. The van der Waals surface area contributed by atoms with Gasteiger partial charge in [0, 0.05) is 37.5 Å². The molecule has 2 aliphatic heterocycles. The fourth-order valence-electron chi connectivity index (χ4n) is 5.92. The standard InChI is InChI=1S/C25H38N2O3S/c1-20-5-7-22(8-6-20)25(12-3-2-4-13-25)19-27-14-9-23(10-15-27)26-24(28)17-21-11-16-31(29,30)18-21/h5-8,21,23H,2-4,9-19H2,1H3,(H,26,28). The summed E-state index contributed by atoms with van der Waals surface area (Å²) in [6.07, 6.45) is 9.50. The Balaban J connectivity index is 1.28. The molecule has 1 atom stereocenters. The van der Waals surface area contributed by atoms with Gasteiger partial charge in [-0.3, -0.25) is 4.79 Å². The first-order chi connectivity index (χ1) is 14.8. The van der Waals surface area contributed by atoms with Crippen LogP contribution in [0.4, 0.5) is 0 Å². The van der Waals surface area contributed by atoms with E-state index in [0.717, 1.165) is 32.5 Å². The largest absolute Gasteiger partial charge is 0.353 e. The molecule has 2 heterocycles. The van der Waals surface area contributed by atoms with Gasteiger partial charge in [-0.25, -0.2) is 8.42 Å². The smallest absolute Gasteiger partial charge is 0.220 e. The molecular formula is C25H38N2O3S. The molecule has 0 bridgehead atoms. The third-order valence-corrected chi connectivity index (χ3v) is 9.59. The van der Waals surface area contributed by atoms with Gasteiger partial charge in [-0.1, -0.05) is 49.1 Å². The summed E-state index contributed by atoms with van der Waals surface area (Å²) in [4.78, 5) is 15.0. The molecule has 1 aliphatic carbocycles. The normalized spacial score (nSPS) is 26.5. The number of likely N-dealkylation sites (tertiary alicyclic amines) is 1. The Morgan fingerprint density at radius 1 is 1.06 bits per heavy atom. The third-order valence-electron chi connectivity index (χ3n) is 7.75. The van der Waals surface area contributed by atoms with Crippen LogP contribution in [0.2, 0.25) is 0 Å². The predicted molar refractivity (Wildman–Crippen MR) is 125 cm³/mol. The van der Waals surface area contributed by atoms with Crippen LogP contribution in [0.25, 0.3) is 0 Å². The van der Waals surface area contributed by atoms with Crippen molar-refractivity contribution in [1.29, 1.82) is 0 Å². The van der Waals surface area contributed by atoms with E-state index < -0.39 is 9.84 Å². The molecule has 5 nitrogen and oxygen atoms in total. The van der Waals surface area contributed by atoms with Gasteiger partial charge in [-0.05, 0) is 50.5 Å². The van der Waals surface area contributed by atoms with Gasteiger partial charge in [0.25, 0.3) is 0 Å². The van der Waals surface area contributed by atoms with Crippen LogP contribution >= 0.6 is 0 Å². The third kappa shape index (κ3) is 5.89. The van der Waals surface area contributed by atoms with Gasteiger partial charge in [0.1, 0.15) is 0 Å². The Hall–Kier alpha value is -1.40. The lowest BCUT2D eigenvalue weighted by atomic mass is 9.69. The first-order valence-corrected chi connectivity index (χ1v) is 14.0. The van der Waals surface area contributed by atoms with Crippen LogP contribution in [0.1, 0.15) is 68.9 Å². The van der Waals surface area contributed by atoms with E-state index in [9.17, 15) is 13.2 Å². The van der Waals surface area contributed by atoms with Crippen molar-refractivity contribution in [3.63, 3.8) is 0 Å². The van der Waals surface area contributed by atoms with Gasteiger partial charge in [0.2, 0.25) is 5.91 Å². The van der Waals surface area contributed by atoms with E-state index >= 15 is 0 Å². The van der Waals surface area contributed by atoms with Gasteiger partial charge in [-0.2, -0.15) is 0 Å². The van der Waals surface area contributed by atoms with Gasteiger partial charge < -0.3 is 10.2 Å². The fraction of sp³-hybridized carbons (Fsp3) is 0.720. The summed E-state index contributed by atoms with van der Waals surface area (Å²) in [6, 6.07) is 9.42. The van der Waals surface area contributed by atoms with E-state index in [2.05, 4.69) is 41.4 Å². The van der Waals surface area contributed by atoms with Crippen LogP contribution in [0.15, 0.2) is 24.3 Å². The van der Waals surface area contributed by atoms with Gasteiger partial charge in [-0.15, -0.1) is 0 Å². The van der Waals surface area contributed by atoms with E-state index in [-0.39, 0.29) is 34.8 Å². The number of nitrogens with one attached hydrogen (secondary N) is 1. The highest BCUT2D eigenvalue weighted by molar-refractivity contribution is 7.91. The second-order valence-corrected chi connectivity index (χ2v) is 12.5. The number of carbonyl (C=O) groups is 1. The molecule has 1 aromatic rings. The predicted octanol–water partition coefficient (Wildman–Crippen LogP) is 3.60. The second kappa shape index (κ2) is 9.62. The number of amides is 1. The van der Waals surface area contributed by atoms with Crippen LogP contribution in [-0.4, -0.2) is 56.4 Å². The first kappa shape index (κ1) is 22.8. The van der Waals surface area contributed by atoms with Crippen molar-refractivity contribution in [2.75, 3.05) is 31.1 Å². The van der Waals surface area contributed by atoms with E-state index in [1.165, 1.54) is 43.2 Å². The summed E-state index contributed by atoms with van der Waals surface area (Å²) in [5, 5.41) is 3.18. The molecule has 1 amide bonds. The zero-order valence-electron chi connectivity index (χ0n) is 18.9. The molecule has 0 aromatic heterocycles. The van der Waals surface area contributed by atoms with Crippen molar-refractivity contribution in [1.82, 2.24) is 10.2 Å². The van der Waals surface area contributed by atoms with Crippen molar-refractivity contribution in [2.24, 2.45) is 5.92 Å². The molecule has 1 unspecified atom stereocenters. The Bertz CT molecular complexity index is 851. The minimum Gasteiger partial charge on any atom is -0.353 e. The van der Waals surface area contributed by atoms with Crippen molar-refractivity contribution in [3.8, 4) is 0 Å². The summed E-state index contributed by atoms with van der Waals surface area (Å²) in [6.45, 7) is 5.32. The molecule has 1 aromatic carbocycles. The molecule has 0 radical (unpaired) electrons. The highest BCUT2D eigenvalue weighted by atomic mass is 32.2. The van der Waals surface area contributed by atoms with Gasteiger partial charge in [0.15, 0.2) is 9.84 Å². The Kier molecular flexibility index (Phi) is 7.07. The van der Waals surface area contributed by atoms with Crippen molar-refractivity contribution >= 4 is 15.7 Å². The number of nitrogens with zero attached hydrogens (tertiary/aromatic N) is 1. The fourth-order valence-corrected chi connectivity index (χ4v) is 7.78. The first-order valence-electron chi connectivity index (χ1n) is 12.1. The summed E-state index contributed by atoms with van der Waals surface area (Å²) < 4.78 is 23.2. The average molecular weight is 447 g/mol. The molecule has 3 aliphatic rings. The number of hydrogen-bond acceptors (Lipinski definition) is 4. The average Bonchev–Trinajstić information content (AvgIpc) is 3.08. The minimum atomic E-state index is -2.91. The second-order valence-electron chi connectivity index (χ2n) is 10.3. The summed E-state index contributed by atoms with van der Waals surface area (Å²) in [5.41, 5.74) is 3.09. The van der Waals surface area contributed by atoms with Crippen LogP contribution in [0.5, 0.6) is 0 Å². The molecule has 172 valence electrons. The topological polar surface area (TPSA) is 66.5 Å². The molecule has 0 spiro atoms. The highest BCUT2D eigenvalue weighted by Crippen LogP contribution is 2.40. The van der Waals surface area contributed by atoms with Gasteiger partial charge >= 0.3 is 0 Å². The molecule has 31 heavy (non-hydrogen) atoms. The van der Waals surface area contributed by atoms with E-state index in [1.54, 1.807) is 0 Å². The number of sulfone groups is 1. The summed E-state index contributed by atoms with van der Waals surface area (Å²) in [5.74, 6) is 0.459. The van der Waals surface area contributed by atoms with Crippen LogP contribution in [-0.2, 0) is 20.0 Å². The molecule has 2 saturated heterocycles. The quantitative estimate of drug-likeness (QED) is 0.725. The SMILES string of the molecule is Cc1ccc(C2(CN3CCC(NC(=O)CC4CCS(=O)(=O)C4)CC3)CCCCC2)cc1. The zero-order chi connectivity index (χ0) is 21.9. The maximum absolute atomic E-state index is 12.4. The number of aryl methyl sites for hydroxylation is 1. The number of rotatable bonds is 6. The van der Waals surface area contributed by atoms with Crippen LogP contribution in [0, 0.1) is 12.8 Å². The molecule has 4 rings (SSSR count). The van der Waals surface area contributed by atoms with Crippen molar-refractivity contribution in [2.45, 2.75) is 76.2 Å². The molecule has 6 heteroatoms. The monoisotopic (exact) mass is 446 g/mol. The number of hydrogen-bond donors (Lipinski definition) is 1. The minimum absolute atomic E-state index is 0.00533. The summed E-state index contributed by atoms with van der Waals surface area (Å²) >= 11 is 0. The summed E-state index contributed by atoms with van der Waals surface area (Å²) in [7, 11) is -2.91. The van der Waals surface area contributed by atoms with E-state index in [1.807, 2.05) is 0 Å². The van der Waals surface area contributed by atoms with Crippen LogP contribution in [0.3, 0.4) is 0 Å². The molecule has 1 N–H and O–H groups in total. The van der Waals surface area contributed by atoms with Crippen molar-refractivity contribution in [3.05, 3.63) is 35.4 Å². The molecule has 3 fully saturated rings. The van der Waals surface area contributed by atoms with Gasteiger partial charge in [0.05, 0.1) is 11.5 Å². The zero-order valence-corrected chi connectivity index (χ0v) is 19.8. The Morgan fingerprint density at radius 3 is 2.35 bits per heavy atom.